The molecule has 0 radical (unpaired) electrons. The van der Waals surface area contributed by atoms with Crippen LogP contribution in [0.25, 0.3) is 0 Å². The summed E-state index contributed by atoms with van der Waals surface area (Å²) < 4.78 is 9.60. The van der Waals surface area contributed by atoms with Crippen molar-refractivity contribution in [3.05, 3.63) is 0 Å². The number of carbonyl (C=O) groups is 1. The Morgan fingerprint density at radius 3 is 2.58 bits per heavy atom. The minimum atomic E-state index is -1.40. The summed E-state index contributed by atoms with van der Waals surface area (Å²) in [6.45, 7) is 1.56. The van der Waals surface area contributed by atoms with Crippen LogP contribution in [0.4, 0.5) is 0 Å². The number of aliphatic hydroxyl groups excluding tert-OH is 2. The van der Waals surface area contributed by atoms with Gasteiger partial charge in [-0.05, 0) is 6.92 Å². The van der Waals surface area contributed by atoms with Crippen LogP contribution in [0.1, 0.15) is 6.92 Å². The first-order valence-electron chi connectivity index (χ1n) is 3.66. The number of aliphatic hydroxyl groups is 2. The molecule has 2 N–H and O–H groups in total. The highest BCUT2D eigenvalue weighted by Crippen LogP contribution is 2.17. The van der Waals surface area contributed by atoms with Crippen LogP contribution in [0.3, 0.4) is 0 Å². The molecule has 1 heterocycles. The average Bonchev–Trinajstić information content (AvgIpc) is 2.08. The summed E-state index contributed by atoms with van der Waals surface area (Å²) in [5, 5.41) is 18.3. The number of ether oxygens (including phenoxy) is 2. The van der Waals surface area contributed by atoms with Gasteiger partial charge in [0.15, 0.2) is 0 Å². The zero-order chi connectivity index (χ0) is 9.30. The van der Waals surface area contributed by atoms with Crippen molar-refractivity contribution in [2.24, 2.45) is 0 Å². The molecule has 0 saturated carbocycles. The van der Waals surface area contributed by atoms with Gasteiger partial charge in [-0.15, -0.1) is 0 Å². The molecule has 1 saturated heterocycles. The first kappa shape index (κ1) is 9.60. The fourth-order valence-corrected chi connectivity index (χ4v) is 1.08. The highest BCUT2D eigenvalue weighted by molar-refractivity contribution is 5.87. The summed E-state index contributed by atoms with van der Waals surface area (Å²) in [5.41, 5.74) is 0. The SMILES string of the molecule is COC1OC(C)C(O)C(O)C1=O. The van der Waals surface area contributed by atoms with Gasteiger partial charge in [0.05, 0.1) is 6.10 Å². The summed E-state index contributed by atoms with van der Waals surface area (Å²) in [5.74, 6) is -0.636. The Morgan fingerprint density at radius 2 is 2.08 bits per heavy atom. The zero-order valence-corrected chi connectivity index (χ0v) is 6.93. The van der Waals surface area contributed by atoms with Crippen molar-refractivity contribution in [3.63, 3.8) is 0 Å². The molecule has 5 heteroatoms. The molecule has 5 nitrogen and oxygen atoms in total. The predicted octanol–water partition coefficient (Wildman–Crippen LogP) is -1.33. The van der Waals surface area contributed by atoms with Crippen LogP contribution < -0.4 is 0 Å². The molecule has 12 heavy (non-hydrogen) atoms. The van der Waals surface area contributed by atoms with Gasteiger partial charge in [0.2, 0.25) is 12.1 Å². The van der Waals surface area contributed by atoms with E-state index in [4.69, 9.17) is 9.84 Å². The highest BCUT2D eigenvalue weighted by atomic mass is 16.7. The quantitative estimate of drug-likeness (QED) is 0.517. The maximum atomic E-state index is 11.1. The van der Waals surface area contributed by atoms with Crippen LogP contribution >= 0.6 is 0 Å². The van der Waals surface area contributed by atoms with Crippen LogP contribution in [0.15, 0.2) is 0 Å². The Morgan fingerprint density at radius 1 is 1.50 bits per heavy atom. The molecule has 1 aliphatic heterocycles. The molecule has 4 atom stereocenters. The summed E-state index contributed by atoms with van der Waals surface area (Å²) in [6.07, 6.45) is -4.22. The predicted molar refractivity (Wildman–Crippen MR) is 38.4 cm³/mol. The van der Waals surface area contributed by atoms with Crippen molar-refractivity contribution >= 4 is 5.78 Å². The molecule has 1 fully saturated rings. The third-order valence-electron chi connectivity index (χ3n) is 1.88. The van der Waals surface area contributed by atoms with Gasteiger partial charge < -0.3 is 19.7 Å². The molecular formula is C7H12O5. The molecule has 0 spiro atoms. The largest absolute Gasteiger partial charge is 0.387 e. The van der Waals surface area contributed by atoms with E-state index in [9.17, 15) is 9.90 Å². The average molecular weight is 176 g/mol. The van der Waals surface area contributed by atoms with Crippen LogP contribution in [0, 0.1) is 0 Å². The maximum absolute atomic E-state index is 11.1. The third-order valence-corrected chi connectivity index (χ3v) is 1.88. The number of Topliss-reactive ketones (excluding diaryl/α,β-unsaturated/α-hetero) is 1. The third kappa shape index (κ3) is 1.49. The normalized spacial score (nSPS) is 43.2. The Bertz CT molecular complexity index is 177. The number of hydrogen-bond acceptors (Lipinski definition) is 5. The molecule has 70 valence electrons. The minimum absolute atomic E-state index is 0.595. The molecule has 0 aromatic rings. The topological polar surface area (TPSA) is 76.0 Å². The van der Waals surface area contributed by atoms with Gasteiger partial charge in [-0.3, -0.25) is 4.79 Å². The fourth-order valence-electron chi connectivity index (χ4n) is 1.08. The van der Waals surface area contributed by atoms with E-state index < -0.39 is 30.4 Å². The Balaban J connectivity index is 2.70. The lowest BCUT2D eigenvalue weighted by molar-refractivity contribution is -0.224. The van der Waals surface area contributed by atoms with Crippen LogP contribution in [0.2, 0.25) is 0 Å². The van der Waals surface area contributed by atoms with Crippen molar-refractivity contribution in [1.82, 2.24) is 0 Å². The second kappa shape index (κ2) is 3.49. The van der Waals surface area contributed by atoms with Crippen molar-refractivity contribution < 1.29 is 24.5 Å². The molecule has 4 unspecified atom stereocenters. The van der Waals surface area contributed by atoms with E-state index in [1.54, 1.807) is 6.92 Å². The van der Waals surface area contributed by atoms with Gasteiger partial charge in [-0.1, -0.05) is 0 Å². The van der Waals surface area contributed by atoms with E-state index in [1.165, 1.54) is 7.11 Å². The van der Waals surface area contributed by atoms with Crippen molar-refractivity contribution in [2.45, 2.75) is 31.5 Å². The molecule has 1 aliphatic rings. The van der Waals surface area contributed by atoms with Gasteiger partial charge in [0.1, 0.15) is 12.2 Å². The van der Waals surface area contributed by atoms with E-state index in [0.29, 0.717) is 0 Å². The molecule has 0 amide bonds. The lowest BCUT2D eigenvalue weighted by Crippen LogP contribution is -2.54. The van der Waals surface area contributed by atoms with Gasteiger partial charge in [0.25, 0.3) is 0 Å². The number of methoxy groups -OCH3 is 1. The number of carbonyl (C=O) groups excluding carboxylic acids is 1. The van der Waals surface area contributed by atoms with Crippen molar-refractivity contribution in [3.8, 4) is 0 Å². The molecule has 0 aromatic carbocycles. The van der Waals surface area contributed by atoms with Crippen LogP contribution in [-0.2, 0) is 14.3 Å². The maximum Gasteiger partial charge on any atom is 0.220 e. The summed E-state index contributed by atoms with van der Waals surface area (Å²) in [4.78, 5) is 11.1. The molecular weight excluding hydrogens is 164 g/mol. The van der Waals surface area contributed by atoms with Gasteiger partial charge in [-0.25, -0.2) is 0 Å². The second-order valence-electron chi connectivity index (χ2n) is 2.75. The van der Waals surface area contributed by atoms with E-state index in [1.807, 2.05) is 0 Å². The van der Waals surface area contributed by atoms with Crippen molar-refractivity contribution in [1.29, 1.82) is 0 Å². The van der Waals surface area contributed by atoms with E-state index in [2.05, 4.69) is 4.74 Å². The monoisotopic (exact) mass is 176 g/mol. The summed E-state index contributed by atoms with van der Waals surface area (Å²) in [7, 11) is 1.31. The van der Waals surface area contributed by atoms with Gasteiger partial charge >= 0.3 is 0 Å². The highest BCUT2D eigenvalue weighted by Gasteiger charge is 2.41. The number of ketones is 1. The van der Waals surface area contributed by atoms with Crippen LogP contribution in [0.5, 0.6) is 0 Å². The van der Waals surface area contributed by atoms with E-state index >= 15 is 0 Å². The van der Waals surface area contributed by atoms with E-state index in [-0.39, 0.29) is 0 Å². The number of hydrogen-bond donors (Lipinski definition) is 2. The zero-order valence-electron chi connectivity index (χ0n) is 6.93. The standard InChI is InChI=1S/C7H12O5/c1-3-4(8)5(9)6(10)7(11-2)12-3/h3-5,7-9H,1-2H3. The number of rotatable bonds is 1. The molecule has 0 bridgehead atoms. The second-order valence-corrected chi connectivity index (χ2v) is 2.75. The van der Waals surface area contributed by atoms with Gasteiger partial charge in [-0.2, -0.15) is 0 Å². The minimum Gasteiger partial charge on any atom is -0.387 e. The lowest BCUT2D eigenvalue weighted by Gasteiger charge is -2.32. The molecule has 0 aromatic heterocycles. The van der Waals surface area contributed by atoms with E-state index in [0.717, 1.165) is 0 Å². The van der Waals surface area contributed by atoms with Crippen LogP contribution in [-0.4, -0.2) is 47.7 Å². The fraction of sp³-hybridized carbons (Fsp3) is 0.857. The first-order valence-corrected chi connectivity index (χ1v) is 3.66. The molecule has 1 rings (SSSR count). The Labute approximate surface area is 69.9 Å². The first-order chi connectivity index (χ1) is 5.57. The Kier molecular flexibility index (Phi) is 2.79. The lowest BCUT2D eigenvalue weighted by atomic mass is 10.0. The molecule has 0 aliphatic carbocycles. The van der Waals surface area contributed by atoms with Crippen molar-refractivity contribution in [2.75, 3.05) is 7.11 Å². The Hall–Kier alpha value is -0.490. The summed E-state index contributed by atoms with van der Waals surface area (Å²) >= 11 is 0. The summed E-state index contributed by atoms with van der Waals surface area (Å²) in [6, 6.07) is 0. The smallest absolute Gasteiger partial charge is 0.220 e. The van der Waals surface area contributed by atoms with Gasteiger partial charge in [0, 0.05) is 7.11 Å².